The molecule has 0 bridgehead atoms. The van der Waals surface area contributed by atoms with Crippen molar-refractivity contribution in [3.05, 3.63) is 54.1 Å². The van der Waals surface area contributed by atoms with E-state index in [4.69, 9.17) is 4.74 Å². The number of carbonyl (C=O) groups excluding carboxylic acids is 1. The van der Waals surface area contributed by atoms with Crippen LogP contribution in [0.25, 0.3) is 0 Å². The molecule has 1 saturated heterocycles. The average Bonchev–Trinajstić information content (AvgIpc) is 2.68. The highest BCUT2D eigenvalue weighted by atomic mass is 32.2. The Labute approximate surface area is 160 Å². The smallest absolute Gasteiger partial charge is 0.255 e. The van der Waals surface area contributed by atoms with Gasteiger partial charge in [0.25, 0.3) is 5.91 Å². The van der Waals surface area contributed by atoms with Crippen LogP contribution in [0, 0.1) is 0 Å². The molecule has 3 rings (SSSR count). The van der Waals surface area contributed by atoms with Gasteiger partial charge in [-0.25, -0.2) is 0 Å². The summed E-state index contributed by atoms with van der Waals surface area (Å²) in [5, 5.41) is 0.455. The third kappa shape index (κ3) is 4.33. The number of ether oxygens (including phenoxy) is 1. The number of methoxy groups -OCH3 is 1. The normalized spacial score (nSPS) is 14.6. The molecule has 0 aromatic heterocycles. The first kappa shape index (κ1) is 18.6. The minimum Gasteiger partial charge on any atom is -0.497 e. The summed E-state index contributed by atoms with van der Waals surface area (Å²) in [7, 11) is 1.68. The molecule has 0 N–H and O–H groups in total. The number of anilines is 1. The molecule has 138 valence electrons. The number of amides is 1. The van der Waals surface area contributed by atoms with Crippen LogP contribution in [-0.4, -0.2) is 49.3 Å². The Bertz CT molecular complexity index is 738. The van der Waals surface area contributed by atoms with Crippen LogP contribution in [0.4, 0.5) is 5.69 Å². The van der Waals surface area contributed by atoms with E-state index < -0.39 is 0 Å². The van der Waals surface area contributed by atoms with Crippen LogP contribution in [0.5, 0.6) is 5.75 Å². The predicted octanol–water partition coefficient (Wildman–Crippen LogP) is 4.16. The van der Waals surface area contributed by atoms with Gasteiger partial charge in [-0.05, 0) is 36.4 Å². The summed E-state index contributed by atoms with van der Waals surface area (Å²) in [5.74, 6) is 1.00. The number of benzene rings is 2. The van der Waals surface area contributed by atoms with Crippen LogP contribution in [-0.2, 0) is 0 Å². The molecule has 2 aromatic rings. The van der Waals surface area contributed by atoms with Crippen LogP contribution in [0.15, 0.2) is 53.4 Å². The molecule has 0 aliphatic carbocycles. The summed E-state index contributed by atoms with van der Waals surface area (Å²) in [5.41, 5.74) is 2.00. The highest BCUT2D eigenvalue weighted by Gasteiger charge is 2.24. The van der Waals surface area contributed by atoms with E-state index in [1.807, 2.05) is 41.3 Å². The van der Waals surface area contributed by atoms with Gasteiger partial charge < -0.3 is 14.5 Å². The third-order valence-electron chi connectivity index (χ3n) is 4.48. The molecule has 0 atom stereocenters. The van der Waals surface area contributed by atoms with Gasteiger partial charge in [0.15, 0.2) is 0 Å². The summed E-state index contributed by atoms with van der Waals surface area (Å²) < 4.78 is 5.22. The molecule has 0 unspecified atom stereocenters. The molecule has 2 aromatic carbocycles. The van der Waals surface area contributed by atoms with Crippen molar-refractivity contribution in [2.75, 3.05) is 38.2 Å². The van der Waals surface area contributed by atoms with Crippen molar-refractivity contribution in [3.8, 4) is 5.75 Å². The van der Waals surface area contributed by atoms with E-state index in [0.717, 1.165) is 42.4 Å². The monoisotopic (exact) mass is 370 g/mol. The Morgan fingerprint density at radius 2 is 1.65 bits per heavy atom. The summed E-state index contributed by atoms with van der Waals surface area (Å²) in [6, 6.07) is 16.1. The van der Waals surface area contributed by atoms with Crippen LogP contribution in [0.2, 0.25) is 0 Å². The molecule has 0 radical (unpaired) electrons. The second kappa shape index (κ2) is 8.49. The number of piperazine rings is 1. The number of hydrogen-bond acceptors (Lipinski definition) is 4. The average molecular weight is 371 g/mol. The minimum atomic E-state index is 0.142. The van der Waals surface area contributed by atoms with Gasteiger partial charge in [-0.15, -0.1) is 11.8 Å². The first-order chi connectivity index (χ1) is 12.6. The SMILES string of the molecule is COc1ccc(N2CCN(C(=O)c3ccccc3SC(C)C)CC2)cc1. The molecular formula is C21H26N2O2S. The maximum atomic E-state index is 13.0. The van der Waals surface area contributed by atoms with Crippen LogP contribution in [0.3, 0.4) is 0 Å². The summed E-state index contributed by atoms with van der Waals surface area (Å²) >= 11 is 1.75. The van der Waals surface area contributed by atoms with Gasteiger partial charge in [-0.2, -0.15) is 0 Å². The van der Waals surface area contributed by atoms with Crippen molar-refractivity contribution < 1.29 is 9.53 Å². The molecule has 5 heteroatoms. The number of carbonyl (C=O) groups is 1. The summed E-state index contributed by atoms with van der Waals surface area (Å²) in [6.45, 7) is 7.48. The van der Waals surface area contributed by atoms with E-state index in [1.54, 1.807) is 18.9 Å². The van der Waals surface area contributed by atoms with E-state index in [2.05, 4.69) is 30.9 Å². The van der Waals surface area contributed by atoms with E-state index in [-0.39, 0.29) is 5.91 Å². The molecule has 1 amide bonds. The number of thioether (sulfide) groups is 1. The predicted molar refractivity (Wildman–Crippen MR) is 109 cm³/mol. The van der Waals surface area contributed by atoms with Crippen LogP contribution in [0.1, 0.15) is 24.2 Å². The van der Waals surface area contributed by atoms with Gasteiger partial charge in [-0.3, -0.25) is 4.79 Å². The van der Waals surface area contributed by atoms with Crippen LogP contribution >= 0.6 is 11.8 Å². The van der Waals surface area contributed by atoms with Crippen molar-refractivity contribution in [1.29, 1.82) is 0 Å². The lowest BCUT2D eigenvalue weighted by molar-refractivity contribution is 0.0743. The number of rotatable bonds is 5. The van der Waals surface area contributed by atoms with Gasteiger partial charge in [0, 0.05) is 42.0 Å². The summed E-state index contributed by atoms with van der Waals surface area (Å²) in [6.07, 6.45) is 0. The largest absolute Gasteiger partial charge is 0.497 e. The lowest BCUT2D eigenvalue weighted by Gasteiger charge is -2.36. The van der Waals surface area contributed by atoms with Crippen molar-refractivity contribution in [2.45, 2.75) is 24.0 Å². The second-order valence-electron chi connectivity index (χ2n) is 6.64. The van der Waals surface area contributed by atoms with Crippen molar-refractivity contribution in [2.24, 2.45) is 0 Å². The Morgan fingerprint density at radius 3 is 2.27 bits per heavy atom. The van der Waals surface area contributed by atoms with E-state index in [0.29, 0.717) is 5.25 Å². The number of nitrogens with zero attached hydrogens (tertiary/aromatic N) is 2. The molecule has 0 spiro atoms. The first-order valence-corrected chi connectivity index (χ1v) is 9.90. The van der Waals surface area contributed by atoms with Gasteiger partial charge >= 0.3 is 0 Å². The maximum Gasteiger partial charge on any atom is 0.255 e. The fourth-order valence-corrected chi connectivity index (χ4v) is 4.08. The number of hydrogen-bond donors (Lipinski definition) is 0. The lowest BCUT2D eigenvalue weighted by atomic mass is 10.1. The molecule has 26 heavy (non-hydrogen) atoms. The van der Waals surface area contributed by atoms with E-state index >= 15 is 0 Å². The Balaban J connectivity index is 1.65. The first-order valence-electron chi connectivity index (χ1n) is 9.02. The standard InChI is InChI=1S/C21H26N2O2S/c1-16(2)26-20-7-5-4-6-19(20)21(24)23-14-12-22(13-15-23)17-8-10-18(25-3)11-9-17/h4-11,16H,12-15H2,1-3H3. The molecule has 1 fully saturated rings. The van der Waals surface area contributed by atoms with Gasteiger partial charge in [0.05, 0.1) is 12.7 Å². The Hall–Kier alpha value is -2.14. The molecule has 4 nitrogen and oxygen atoms in total. The molecule has 1 aliphatic heterocycles. The third-order valence-corrected chi connectivity index (χ3v) is 5.57. The van der Waals surface area contributed by atoms with Crippen molar-refractivity contribution in [1.82, 2.24) is 4.90 Å². The van der Waals surface area contributed by atoms with Crippen molar-refractivity contribution >= 4 is 23.4 Å². The maximum absolute atomic E-state index is 13.0. The fourth-order valence-electron chi connectivity index (χ4n) is 3.13. The highest BCUT2D eigenvalue weighted by Crippen LogP contribution is 2.28. The van der Waals surface area contributed by atoms with Crippen LogP contribution < -0.4 is 9.64 Å². The Morgan fingerprint density at radius 1 is 1.00 bits per heavy atom. The quantitative estimate of drug-likeness (QED) is 0.740. The molecule has 1 heterocycles. The topological polar surface area (TPSA) is 32.8 Å². The second-order valence-corrected chi connectivity index (χ2v) is 8.26. The zero-order valence-electron chi connectivity index (χ0n) is 15.6. The van der Waals surface area contributed by atoms with E-state index in [1.165, 1.54) is 5.69 Å². The zero-order valence-corrected chi connectivity index (χ0v) is 16.5. The van der Waals surface area contributed by atoms with Gasteiger partial charge in [0.1, 0.15) is 5.75 Å². The minimum absolute atomic E-state index is 0.142. The Kier molecular flexibility index (Phi) is 6.09. The van der Waals surface area contributed by atoms with Gasteiger partial charge in [-0.1, -0.05) is 26.0 Å². The highest BCUT2D eigenvalue weighted by molar-refractivity contribution is 8.00. The summed E-state index contributed by atoms with van der Waals surface area (Å²) in [4.78, 5) is 18.4. The lowest BCUT2D eigenvalue weighted by Crippen LogP contribution is -2.48. The molecule has 0 saturated carbocycles. The zero-order chi connectivity index (χ0) is 18.5. The van der Waals surface area contributed by atoms with E-state index in [9.17, 15) is 4.79 Å². The molecular weight excluding hydrogens is 344 g/mol. The van der Waals surface area contributed by atoms with Crippen molar-refractivity contribution in [3.63, 3.8) is 0 Å². The van der Waals surface area contributed by atoms with Gasteiger partial charge in [0.2, 0.25) is 0 Å². The molecule has 1 aliphatic rings. The fraction of sp³-hybridized carbons (Fsp3) is 0.381.